The van der Waals surface area contributed by atoms with E-state index < -0.39 is 12.0 Å². The summed E-state index contributed by atoms with van der Waals surface area (Å²) in [7, 11) is 0. The second-order valence-corrected chi connectivity index (χ2v) is 12.1. The predicted octanol–water partition coefficient (Wildman–Crippen LogP) is 6.37. The van der Waals surface area contributed by atoms with E-state index in [-0.39, 0.29) is 11.7 Å². The van der Waals surface area contributed by atoms with Crippen molar-refractivity contribution >= 4 is 55.2 Å². The van der Waals surface area contributed by atoms with Crippen LogP contribution in [0, 0.1) is 0 Å². The van der Waals surface area contributed by atoms with E-state index in [1.165, 1.54) is 11.3 Å². The Balaban J connectivity index is 1.62. The third-order valence-corrected chi connectivity index (χ3v) is 8.35. The molecule has 2 aromatic carbocycles. The number of rotatable bonds is 7. The Morgan fingerprint density at radius 2 is 1.90 bits per heavy atom. The van der Waals surface area contributed by atoms with Crippen LogP contribution in [0.3, 0.4) is 0 Å². The lowest BCUT2D eigenvalue weighted by Crippen LogP contribution is -2.40. The van der Waals surface area contributed by atoms with Crippen molar-refractivity contribution in [2.24, 2.45) is 4.99 Å². The maximum Gasteiger partial charge on any atom is 0.338 e. The highest BCUT2D eigenvalue weighted by atomic mass is 79.9. The molecule has 0 unspecified atom stereocenters. The van der Waals surface area contributed by atoms with E-state index in [1.807, 2.05) is 61.5 Å². The molecule has 4 aromatic rings. The SMILES string of the molecule is CCOc1ccc([C@H]2C(C(=O)OC(C)C)=C(C)N=c3s/c(=C\c4ccc(-c5cc(Br)ccc5Br)o4)c(=O)n32)cc1. The van der Waals surface area contributed by atoms with Crippen LogP contribution >= 0.6 is 43.2 Å². The molecule has 206 valence electrons. The summed E-state index contributed by atoms with van der Waals surface area (Å²) in [6.45, 7) is 7.80. The lowest BCUT2D eigenvalue weighted by atomic mass is 9.96. The zero-order valence-electron chi connectivity index (χ0n) is 22.2. The number of ether oxygens (including phenoxy) is 2. The Morgan fingerprint density at radius 3 is 2.60 bits per heavy atom. The molecule has 0 amide bonds. The molecule has 0 radical (unpaired) electrons. The van der Waals surface area contributed by atoms with Gasteiger partial charge in [-0.2, -0.15) is 0 Å². The lowest BCUT2D eigenvalue weighted by Gasteiger charge is -2.25. The molecule has 0 bridgehead atoms. The number of esters is 1. The molecule has 0 saturated carbocycles. The molecule has 1 atom stereocenters. The lowest BCUT2D eigenvalue weighted by molar-refractivity contribution is -0.143. The zero-order chi connectivity index (χ0) is 28.6. The van der Waals surface area contributed by atoms with E-state index in [4.69, 9.17) is 13.9 Å². The number of furan rings is 1. The van der Waals surface area contributed by atoms with Gasteiger partial charge in [-0.15, -0.1) is 0 Å². The molecular weight excluding hydrogens is 660 g/mol. The summed E-state index contributed by atoms with van der Waals surface area (Å²) >= 11 is 8.32. The number of hydrogen-bond acceptors (Lipinski definition) is 7. The van der Waals surface area contributed by atoms with Gasteiger partial charge in [-0.3, -0.25) is 9.36 Å². The van der Waals surface area contributed by atoms with Crippen LogP contribution in [0.15, 0.2) is 89.0 Å². The number of carbonyl (C=O) groups is 1. The molecule has 0 spiro atoms. The summed E-state index contributed by atoms with van der Waals surface area (Å²) in [6, 6.07) is 16.2. The van der Waals surface area contributed by atoms with Crippen molar-refractivity contribution in [2.75, 3.05) is 6.61 Å². The summed E-state index contributed by atoms with van der Waals surface area (Å²) in [6.07, 6.45) is 1.39. The van der Waals surface area contributed by atoms with Crippen LogP contribution in [0.4, 0.5) is 0 Å². The van der Waals surface area contributed by atoms with Gasteiger partial charge in [-0.05, 0) is 75.7 Å². The Kier molecular flexibility index (Phi) is 8.30. The van der Waals surface area contributed by atoms with Crippen molar-refractivity contribution in [1.82, 2.24) is 4.57 Å². The summed E-state index contributed by atoms with van der Waals surface area (Å²) in [4.78, 5) is 32.3. The van der Waals surface area contributed by atoms with Gasteiger partial charge in [0.1, 0.15) is 17.3 Å². The van der Waals surface area contributed by atoms with Gasteiger partial charge in [-0.25, -0.2) is 9.79 Å². The summed E-state index contributed by atoms with van der Waals surface area (Å²) in [5.41, 5.74) is 2.20. The molecule has 3 heterocycles. The van der Waals surface area contributed by atoms with E-state index >= 15 is 0 Å². The molecule has 2 aromatic heterocycles. The Bertz CT molecular complexity index is 1800. The van der Waals surface area contributed by atoms with Crippen molar-refractivity contribution in [3.63, 3.8) is 0 Å². The van der Waals surface area contributed by atoms with Gasteiger partial charge in [0.25, 0.3) is 5.56 Å². The first-order valence-corrected chi connectivity index (χ1v) is 15.1. The van der Waals surface area contributed by atoms with Gasteiger partial charge in [0.15, 0.2) is 4.80 Å². The first-order valence-electron chi connectivity index (χ1n) is 12.7. The number of allylic oxidation sites excluding steroid dienone is 1. The predicted molar refractivity (Wildman–Crippen MR) is 162 cm³/mol. The molecule has 5 rings (SSSR count). The highest BCUT2D eigenvalue weighted by Gasteiger charge is 2.33. The Labute approximate surface area is 251 Å². The van der Waals surface area contributed by atoms with Gasteiger partial charge in [0.05, 0.1) is 34.6 Å². The van der Waals surface area contributed by atoms with E-state index in [1.54, 1.807) is 31.4 Å². The van der Waals surface area contributed by atoms with Crippen LogP contribution < -0.4 is 19.6 Å². The van der Waals surface area contributed by atoms with Crippen LogP contribution in [0.5, 0.6) is 5.75 Å². The number of carbonyl (C=O) groups excluding carboxylic acids is 1. The standard InChI is InChI=1S/C30H26Br2N2O5S/c1-5-37-20-9-6-18(7-10-20)27-26(29(36)38-16(2)3)17(4)33-30-34(27)28(35)25(40-30)15-21-11-13-24(39-21)22-14-19(31)8-12-23(22)32/h6-16,27H,5H2,1-4H3/b25-15-/t27-/m0/s1. The fourth-order valence-electron chi connectivity index (χ4n) is 4.48. The minimum atomic E-state index is -0.704. The Morgan fingerprint density at radius 1 is 1.15 bits per heavy atom. The summed E-state index contributed by atoms with van der Waals surface area (Å²) < 4.78 is 21.1. The van der Waals surface area contributed by atoms with Crippen LogP contribution in [0.2, 0.25) is 0 Å². The first kappa shape index (κ1) is 28.3. The fraction of sp³-hybridized carbons (Fsp3) is 0.233. The normalized spacial score (nSPS) is 15.3. The quantitative estimate of drug-likeness (QED) is 0.211. The monoisotopic (exact) mass is 684 g/mol. The van der Waals surface area contributed by atoms with E-state index in [2.05, 4.69) is 36.9 Å². The second kappa shape index (κ2) is 11.7. The second-order valence-electron chi connectivity index (χ2n) is 9.36. The van der Waals surface area contributed by atoms with Crippen molar-refractivity contribution in [3.8, 4) is 17.1 Å². The van der Waals surface area contributed by atoms with E-state index in [0.29, 0.717) is 44.5 Å². The van der Waals surface area contributed by atoms with E-state index in [9.17, 15) is 9.59 Å². The third kappa shape index (κ3) is 5.66. The van der Waals surface area contributed by atoms with Crippen molar-refractivity contribution < 1.29 is 18.7 Å². The van der Waals surface area contributed by atoms with Gasteiger partial charge < -0.3 is 13.9 Å². The number of hydrogen-bond donors (Lipinski definition) is 0. The smallest absolute Gasteiger partial charge is 0.338 e. The molecule has 40 heavy (non-hydrogen) atoms. The highest BCUT2D eigenvalue weighted by molar-refractivity contribution is 9.11. The van der Waals surface area contributed by atoms with Crippen molar-refractivity contribution in [1.29, 1.82) is 0 Å². The number of halogens is 2. The first-order chi connectivity index (χ1) is 19.2. The molecular formula is C30H26Br2N2O5S. The van der Waals surface area contributed by atoms with Crippen LogP contribution in [0.1, 0.15) is 45.1 Å². The molecule has 1 aliphatic rings. The number of thiazole rings is 1. The van der Waals surface area contributed by atoms with E-state index in [0.717, 1.165) is 20.1 Å². The minimum Gasteiger partial charge on any atom is -0.494 e. The maximum absolute atomic E-state index is 13.9. The molecule has 0 aliphatic carbocycles. The largest absolute Gasteiger partial charge is 0.494 e. The van der Waals surface area contributed by atoms with Gasteiger partial charge in [-0.1, -0.05) is 55.3 Å². The zero-order valence-corrected chi connectivity index (χ0v) is 26.2. The van der Waals surface area contributed by atoms with Crippen molar-refractivity contribution in [2.45, 2.75) is 39.8 Å². The average Bonchev–Trinajstić information content (AvgIpc) is 3.49. The molecule has 0 fully saturated rings. The van der Waals surface area contributed by atoms with Crippen LogP contribution in [-0.2, 0) is 9.53 Å². The average molecular weight is 686 g/mol. The molecule has 10 heteroatoms. The third-order valence-electron chi connectivity index (χ3n) is 6.19. The molecule has 1 aliphatic heterocycles. The topological polar surface area (TPSA) is 83.0 Å². The fourth-order valence-corrected chi connectivity index (χ4v) is 6.31. The molecule has 7 nitrogen and oxygen atoms in total. The molecule has 0 N–H and O–H groups in total. The van der Waals surface area contributed by atoms with Gasteiger partial charge in [0, 0.05) is 20.6 Å². The Hall–Kier alpha value is -3.21. The number of fused-ring (bicyclic) bond motifs is 1. The number of aromatic nitrogens is 1. The van der Waals surface area contributed by atoms with Crippen molar-refractivity contribution in [3.05, 3.63) is 106 Å². The maximum atomic E-state index is 13.9. The summed E-state index contributed by atoms with van der Waals surface area (Å²) in [5.74, 6) is 1.39. The van der Waals surface area contributed by atoms with Crippen LogP contribution in [-0.4, -0.2) is 23.2 Å². The summed E-state index contributed by atoms with van der Waals surface area (Å²) in [5, 5.41) is 0. The number of nitrogens with zero attached hydrogens (tertiary/aromatic N) is 2. The van der Waals surface area contributed by atoms with Crippen LogP contribution in [0.25, 0.3) is 17.4 Å². The van der Waals surface area contributed by atoms with Gasteiger partial charge in [0.2, 0.25) is 0 Å². The number of benzene rings is 2. The minimum absolute atomic E-state index is 0.272. The highest BCUT2D eigenvalue weighted by Crippen LogP contribution is 2.33. The van der Waals surface area contributed by atoms with Gasteiger partial charge >= 0.3 is 5.97 Å². The molecule has 0 saturated heterocycles.